The summed E-state index contributed by atoms with van der Waals surface area (Å²) in [5, 5.41) is 0.639. The summed E-state index contributed by atoms with van der Waals surface area (Å²) in [6, 6.07) is 1.76. The van der Waals surface area contributed by atoms with Crippen LogP contribution in [-0.2, 0) is 9.53 Å². The van der Waals surface area contributed by atoms with Gasteiger partial charge in [0.2, 0.25) is 5.91 Å². The van der Waals surface area contributed by atoms with E-state index in [0.717, 1.165) is 0 Å². The maximum absolute atomic E-state index is 12.1. The summed E-state index contributed by atoms with van der Waals surface area (Å²) in [7, 11) is 0. The van der Waals surface area contributed by atoms with Crippen LogP contribution in [0.15, 0.2) is 23.6 Å². The molecule has 0 aromatic carbocycles. The van der Waals surface area contributed by atoms with Gasteiger partial charge in [-0.2, -0.15) is 0 Å². The molecule has 1 amide bonds. The quantitative estimate of drug-likeness (QED) is 0.608. The topological polar surface area (TPSA) is 55.3 Å². The molecule has 0 spiro atoms. The van der Waals surface area contributed by atoms with Gasteiger partial charge in [-0.15, -0.1) is 0 Å². The van der Waals surface area contributed by atoms with E-state index in [4.69, 9.17) is 4.74 Å². The molecule has 2 heterocycles. The van der Waals surface area contributed by atoms with Gasteiger partial charge in [-0.05, 0) is 19.9 Å². The number of ether oxygens (including phenoxy) is 1. The predicted octanol–water partition coefficient (Wildman–Crippen LogP) is 1.20. The number of carbonyl (C=O) groups is 1. The highest BCUT2D eigenvalue weighted by Gasteiger charge is 2.25. The fourth-order valence-corrected chi connectivity index (χ4v) is 2.66. The lowest BCUT2D eigenvalue weighted by Gasteiger charge is -2.35. The van der Waals surface area contributed by atoms with Gasteiger partial charge in [0.1, 0.15) is 0 Å². The van der Waals surface area contributed by atoms with Crippen molar-refractivity contribution in [3.8, 4) is 0 Å². The molecule has 2 atom stereocenters. The van der Waals surface area contributed by atoms with Gasteiger partial charge in [0.25, 0.3) is 0 Å². The molecule has 0 saturated carbocycles. The molecule has 6 heteroatoms. The molecule has 2 rings (SSSR count). The van der Waals surface area contributed by atoms with Crippen LogP contribution in [0, 0.1) is 0 Å². The molecular formula is C12H17N3O2S. The second-order valence-electron chi connectivity index (χ2n) is 4.38. The van der Waals surface area contributed by atoms with Crippen molar-refractivity contribution in [2.24, 2.45) is 0 Å². The maximum atomic E-state index is 12.1. The summed E-state index contributed by atoms with van der Waals surface area (Å²) in [4.78, 5) is 22.1. The van der Waals surface area contributed by atoms with Crippen LogP contribution in [0.1, 0.15) is 13.8 Å². The number of nitrogens with zero attached hydrogens (tertiary/aromatic N) is 3. The molecule has 5 nitrogen and oxygen atoms in total. The lowest BCUT2D eigenvalue weighted by molar-refractivity contribution is -0.140. The molecule has 98 valence electrons. The summed E-state index contributed by atoms with van der Waals surface area (Å²) in [6.07, 6.45) is 3.57. The van der Waals surface area contributed by atoms with E-state index in [1.807, 2.05) is 18.7 Å². The normalized spacial score (nSPS) is 24.0. The van der Waals surface area contributed by atoms with E-state index >= 15 is 0 Å². The van der Waals surface area contributed by atoms with Crippen molar-refractivity contribution < 1.29 is 9.53 Å². The van der Waals surface area contributed by atoms with Gasteiger partial charge < -0.3 is 9.64 Å². The first-order chi connectivity index (χ1) is 8.65. The zero-order valence-corrected chi connectivity index (χ0v) is 11.4. The molecule has 1 aliphatic heterocycles. The van der Waals surface area contributed by atoms with Crippen molar-refractivity contribution in [1.82, 2.24) is 14.9 Å². The number of carbonyl (C=O) groups excluding carboxylic acids is 1. The zero-order valence-electron chi connectivity index (χ0n) is 10.6. The molecule has 0 radical (unpaired) electrons. The van der Waals surface area contributed by atoms with Crippen LogP contribution in [0.2, 0.25) is 0 Å². The molecule has 1 saturated heterocycles. The minimum Gasteiger partial charge on any atom is -0.372 e. The lowest BCUT2D eigenvalue weighted by Crippen LogP contribution is -2.48. The monoisotopic (exact) mass is 267 g/mol. The zero-order chi connectivity index (χ0) is 13.0. The third kappa shape index (κ3) is 3.68. The average molecular weight is 267 g/mol. The van der Waals surface area contributed by atoms with E-state index in [1.165, 1.54) is 11.8 Å². The number of hydrogen-bond donors (Lipinski definition) is 0. The molecule has 0 unspecified atom stereocenters. The van der Waals surface area contributed by atoms with E-state index in [1.54, 1.807) is 18.5 Å². The highest BCUT2D eigenvalue weighted by Crippen LogP contribution is 2.15. The van der Waals surface area contributed by atoms with Gasteiger partial charge in [0, 0.05) is 25.5 Å². The average Bonchev–Trinajstić information content (AvgIpc) is 2.36. The van der Waals surface area contributed by atoms with Crippen LogP contribution in [0.3, 0.4) is 0 Å². The van der Waals surface area contributed by atoms with Crippen LogP contribution in [0.5, 0.6) is 0 Å². The highest BCUT2D eigenvalue weighted by atomic mass is 32.2. The summed E-state index contributed by atoms with van der Waals surface area (Å²) in [5.41, 5.74) is 0. The Bertz CT molecular complexity index is 392. The molecule has 1 aromatic rings. The van der Waals surface area contributed by atoms with Crippen LogP contribution in [-0.4, -0.2) is 51.8 Å². The van der Waals surface area contributed by atoms with E-state index < -0.39 is 0 Å². The Morgan fingerprint density at radius 1 is 1.39 bits per heavy atom. The molecular weight excluding hydrogens is 250 g/mol. The van der Waals surface area contributed by atoms with Gasteiger partial charge in [0.15, 0.2) is 5.16 Å². The Kier molecular flexibility index (Phi) is 4.54. The minimum atomic E-state index is 0.107. The second-order valence-corrected chi connectivity index (χ2v) is 5.32. The first kappa shape index (κ1) is 13.3. The Labute approximate surface area is 111 Å². The van der Waals surface area contributed by atoms with Crippen molar-refractivity contribution in [1.29, 1.82) is 0 Å². The van der Waals surface area contributed by atoms with Crippen molar-refractivity contribution >= 4 is 17.7 Å². The van der Waals surface area contributed by atoms with E-state index in [2.05, 4.69) is 9.97 Å². The fraction of sp³-hybridized carbons (Fsp3) is 0.583. The maximum Gasteiger partial charge on any atom is 0.233 e. The molecule has 0 bridgehead atoms. The van der Waals surface area contributed by atoms with Crippen molar-refractivity contribution in [2.45, 2.75) is 31.2 Å². The Morgan fingerprint density at radius 3 is 2.61 bits per heavy atom. The van der Waals surface area contributed by atoms with Gasteiger partial charge in [0.05, 0.1) is 18.0 Å². The summed E-state index contributed by atoms with van der Waals surface area (Å²) in [6.45, 7) is 5.31. The van der Waals surface area contributed by atoms with Gasteiger partial charge in [-0.3, -0.25) is 4.79 Å². The Morgan fingerprint density at radius 2 is 2.00 bits per heavy atom. The van der Waals surface area contributed by atoms with Crippen LogP contribution in [0.4, 0.5) is 0 Å². The van der Waals surface area contributed by atoms with Crippen molar-refractivity contribution in [3.05, 3.63) is 18.5 Å². The minimum absolute atomic E-state index is 0.107. The van der Waals surface area contributed by atoms with E-state index in [9.17, 15) is 4.79 Å². The van der Waals surface area contributed by atoms with Crippen LogP contribution >= 0.6 is 11.8 Å². The molecule has 1 aromatic heterocycles. The number of hydrogen-bond acceptors (Lipinski definition) is 5. The Hall–Kier alpha value is -1.14. The molecule has 1 fully saturated rings. The number of aromatic nitrogens is 2. The lowest BCUT2D eigenvalue weighted by atomic mass is 10.2. The third-order valence-electron chi connectivity index (χ3n) is 2.64. The Balaban J connectivity index is 1.84. The van der Waals surface area contributed by atoms with Crippen LogP contribution in [0.25, 0.3) is 0 Å². The smallest absolute Gasteiger partial charge is 0.233 e. The first-order valence-electron chi connectivity index (χ1n) is 5.98. The summed E-state index contributed by atoms with van der Waals surface area (Å²) >= 11 is 1.37. The van der Waals surface area contributed by atoms with Gasteiger partial charge in [-0.1, -0.05) is 11.8 Å². The number of morpholine rings is 1. The fourth-order valence-electron chi connectivity index (χ4n) is 1.96. The second kappa shape index (κ2) is 6.15. The van der Waals surface area contributed by atoms with E-state index in [0.29, 0.717) is 24.0 Å². The van der Waals surface area contributed by atoms with Gasteiger partial charge in [-0.25, -0.2) is 9.97 Å². The summed E-state index contributed by atoms with van der Waals surface area (Å²) in [5.74, 6) is 0.498. The van der Waals surface area contributed by atoms with Crippen molar-refractivity contribution in [2.75, 3.05) is 18.8 Å². The molecule has 0 aliphatic carbocycles. The van der Waals surface area contributed by atoms with Crippen molar-refractivity contribution in [3.63, 3.8) is 0 Å². The predicted molar refractivity (Wildman–Crippen MR) is 69.3 cm³/mol. The standard InChI is InChI=1S/C12H17N3O2S/c1-9-6-15(7-10(2)17-9)11(16)8-18-12-13-4-3-5-14-12/h3-5,9-10H,6-8H2,1-2H3/t9-,10-/m1/s1. The first-order valence-corrected chi connectivity index (χ1v) is 6.97. The summed E-state index contributed by atoms with van der Waals surface area (Å²) < 4.78 is 5.60. The third-order valence-corrected chi connectivity index (χ3v) is 3.50. The molecule has 1 aliphatic rings. The van der Waals surface area contributed by atoms with Gasteiger partial charge >= 0.3 is 0 Å². The van der Waals surface area contributed by atoms with E-state index in [-0.39, 0.29) is 18.1 Å². The number of amides is 1. The number of rotatable bonds is 3. The highest BCUT2D eigenvalue weighted by molar-refractivity contribution is 7.99. The number of thioether (sulfide) groups is 1. The largest absolute Gasteiger partial charge is 0.372 e. The molecule has 0 N–H and O–H groups in total. The molecule has 18 heavy (non-hydrogen) atoms. The SMILES string of the molecule is C[C@@H]1CN(C(=O)CSc2ncccn2)C[C@@H](C)O1. The van der Waals surface area contributed by atoms with Crippen LogP contribution < -0.4 is 0 Å².